The molecular formula is C29H31FN6O3. The van der Waals surface area contributed by atoms with Gasteiger partial charge in [-0.15, -0.1) is 0 Å². The second-order valence-corrected chi connectivity index (χ2v) is 10.0. The van der Waals surface area contributed by atoms with Gasteiger partial charge >= 0.3 is 5.97 Å². The molecule has 202 valence electrons. The highest BCUT2D eigenvalue weighted by Gasteiger charge is 2.24. The molecule has 1 saturated heterocycles. The van der Waals surface area contributed by atoms with Gasteiger partial charge in [0, 0.05) is 56.5 Å². The van der Waals surface area contributed by atoms with Crippen LogP contribution in [0.25, 0.3) is 16.6 Å². The van der Waals surface area contributed by atoms with Crippen LogP contribution in [-0.4, -0.2) is 68.0 Å². The summed E-state index contributed by atoms with van der Waals surface area (Å²) in [6.07, 6.45) is 10.6. The van der Waals surface area contributed by atoms with Crippen molar-refractivity contribution in [3.05, 3.63) is 71.7 Å². The number of hydrogen-bond acceptors (Lipinski definition) is 7. The van der Waals surface area contributed by atoms with Crippen molar-refractivity contribution in [2.45, 2.75) is 39.0 Å². The third-order valence-electron chi connectivity index (χ3n) is 7.22. The lowest BCUT2D eigenvalue weighted by Gasteiger charge is -2.35. The third-order valence-corrected chi connectivity index (χ3v) is 7.22. The molecule has 1 aliphatic heterocycles. The number of aromatic nitrogens is 4. The molecule has 9 nitrogen and oxygen atoms in total. The summed E-state index contributed by atoms with van der Waals surface area (Å²) in [7, 11) is 0. The highest BCUT2D eigenvalue weighted by Crippen LogP contribution is 2.33. The minimum Gasteiger partial charge on any atom is -0.481 e. The van der Waals surface area contributed by atoms with E-state index in [-0.39, 0.29) is 24.1 Å². The van der Waals surface area contributed by atoms with E-state index in [9.17, 15) is 14.0 Å². The first kappa shape index (κ1) is 26.4. The van der Waals surface area contributed by atoms with E-state index in [2.05, 4.69) is 14.9 Å². The zero-order valence-corrected chi connectivity index (χ0v) is 21.9. The van der Waals surface area contributed by atoms with E-state index in [0.717, 1.165) is 17.1 Å². The summed E-state index contributed by atoms with van der Waals surface area (Å²) in [4.78, 5) is 46.5. The molecular weight excluding hydrogens is 499 g/mol. The summed E-state index contributed by atoms with van der Waals surface area (Å²) in [6, 6.07) is 5.37. The second kappa shape index (κ2) is 11.7. The zero-order chi connectivity index (χ0) is 27.4. The van der Waals surface area contributed by atoms with Crippen LogP contribution in [0.5, 0.6) is 0 Å². The van der Waals surface area contributed by atoms with Crippen molar-refractivity contribution < 1.29 is 19.1 Å². The van der Waals surface area contributed by atoms with Crippen LogP contribution in [-0.2, 0) is 11.2 Å². The number of aryl methyl sites for hydroxylation is 1. The molecule has 1 N–H and O–H groups in total. The second-order valence-electron chi connectivity index (χ2n) is 10.0. The standard InChI is InChI=1S/C29H31FN6O3/c1-19-16-20(6-8-22(19)30)28-24(4-2-3-5-27(37)38)33-25-17-21(7-9-23(25)34-28)29(39)36-14-12-35(13-15-36)26-18-31-10-11-32-26/h6-11,17-19H,2-5,12-16H2,1H3,(H,37,38). The number of benzene rings is 1. The lowest BCUT2D eigenvalue weighted by atomic mass is 9.91. The summed E-state index contributed by atoms with van der Waals surface area (Å²) in [5, 5.41) is 9.00. The van der Waals surface area contributed by atoms with E-state index >= 15 is 0 Å². The maximum atomic E-state index is 14.0. The fourth-order valence-corrected chi connectivity index (χ4v) is 5.02. The van der Waals surface area contributed by atoms with Crippen LogP contribution in [0, 0.1) is 5.92 Å². The molecule has 3 aromatic rings. The monoisotopic (exact) mass is 530 g/mol. The summed E-state index contributed by atoms with van der Waals surface area (Å²) in [5.74, 6) is -0.482. The van der Waals surface area contributed by atoms with Gasteiger partial charge in [0.2, 0.25) is 0 Å². The molecule has 2 aliphatic rings. The highest BCUT2D eigenvalue weighted by molar-refractivity contribution is 5.97. The molecule has 10 heteroatoms. The molecule has 1 unspecified atom stereocenters. The lowest BCUT2D eigenvalue weighted by Crippen LogP contribution is -2.49. The molecule has 1 aliphatic carbocycles. The maximum Gasteiger partial charge on any atom is 0.303 e. The Kier molecular flexibility index (Phi) is 7.90. The van der Waals surface area contributed by atoms with Crippen LogP contribution < -0.4 is 4.90 Å². The third kappa shape index (κ3) is 6.10. The number of carbonyl (C=O) groups excluding carboxylic acids is 1. The molecule has 1 fully saturated rings. The quantitative estimate of drug-likeness (QED) is 0.425. The van der Waals surface area contributed by atoms with Crippen LogP contribution in [0.2, 0.25) is 0 Å². The SMILES string of the molecule is CC1CC(c2nc3ccc(C(=O)N4CCN(c5cnccn5)CC4)cc3nc2CCCCC(=O)O)=CC=C1F. The van der Waals surface area contributed by atoms with Crippen molar-refractivity contribution in [2.75, 3.05) is 31.1 Å². The van der Waals surface area contributed by atoms with Crippen molar-refractivity contribution >= 4 is 34.3 Å². The Labute approximate surface area is 226 Å². The summed E-state index contributed by atoms with van der Waals surface area (Å²) in [6.45, 7) is 4.33. The first-order valence-electron chi connectivity index (χ1n) is 13.3. The van der Waals surface area contributed by atoms with Gasteiger partial charge in [-0.3, -0.25) is 14.6 Å². The molecule has 2 aromatic heterocycles. The largest absolute Gasteiger partial charge is 0.481 e. The van der Waals surface area contributed by atoms with Gasteiger partial charge in [-0.2, -0.15) is 0 Å². The highest BCUT2D eigenvalue weighted by atomic mass is 19.1. The van der Waals surface area contributed by atoms with Gasteiger partial charge in [0.15, 0.2) is 0 Å². The van der Waals surface area contributed by atoms with Gasteiger partial charge in [0.05, 0.1) is 28.6 Å². The smallest absolute Gasteiger partial charge is 0.303 e. The zero-order valence-electron chi connectivity index (χ0n) is 21.9. The fourth-order valence-electron chi connectivity index (χ4n) is 5.02. The van der Waals surface area contributed by atoms with Crippen molar-refractivity contribution in [1.29, 1.82) is 0 Å². The number of amides is 1. The maximum absolute atomic E-state index is 14.0. The average Bonchev–Trinajstić information content (AvgIpc) is 2.96. The Morgan fingerprint density at radius 3 is 2.59 bits per heavy atom. The molecule has 1 aromatic carbocycles. The van der Waals surface area contributed by atoms with Crippen LogP contribution in [0.1, 0.15) is 54.4 Å². The number of fused-ring (bicyclic) bond motifs is 1. The van der Waals surface area contributed by atoms with Gasteiger partial charge < -0.3 is 14.9 Å². The average molecular weight is 531 g/mol. The van der Waals surface area contributed by atoms with Gasteiger partial charge in [0.25, 0.3) is 5.91 Å². The number of rotatable bonds is 8. The number of carboxylic acids is 1. The Morgan fingerprint density at radius 1 is 1.05 bits per heavy atom. The number of piperazine rings is 1. The number of unbranched alkanes of at least 4 members (excludes halogenated alkanes) is 1. The van der Waals surface area contributed by atoms with E-state index < -0.39 is 5.97 Å². The van der Waals surface area contributed by atoms with Gasteiger partial charge in [-0.25, -0.2) is 19.3 Å². The first-order chi connectivity index (χ1) is 18.9. The predicted molar refractivity (Wildman–Crippen MR) is 146 cm³/mol. The fraction of sp³-hybridized carbons (Fsp3) is 0.379. The first-order valence-corrected chi connectivity index (χ1v) is 13.3. The minimum absolute atomic E-state index is 0.0611. The Morgan fingerprint density at radius 2 is 1.87 bits per heavy atom. The Bertz CT molecular complexity index is 1430. The normalized spacial score (nSPS) is 17.6. The number of carbonyl (C=O) groups is 2. The van der Waals surface area contributed by atoms with Gasteiger partial charge in [-0.05, 0) is 55.5 Å². The number of nitrogens with zero attached hydrogens (tertiary/aromatic N) is 6. The van der Waals surface area contributed by atoms with E-state index in [1.165, 1.54) is 6.08 Å². The molecule has 0 spiro atoms. The summed E-state index contributed by atoms with van der Waals surface area (Å²) >= 11 is 0. The number of carboxylic acid groups (broad SMARTS) is 1. The van der Waals surface area contributed by atoms with Gasteiger partial charge in [-0.1, -0.05) is 13.0 Å². The topological polar surface area (TPSA) is 112 Å². The van der Waals surface area contributed by atoms with Crippen LogP contribution in [0.4, 0.5) is 10.2 Å². The number of aliphatic carboxylic acids is 1. The van der Waals surface area contributed by atoms with Crippen molar-refractivity contribution in [3.8, 4) is 0 Å². The Hall–Kier alpha value is -4.21. The van der Waals surface area contributed by atoms with Crippen LogP contribution >= 0.6 is 0 Å². The lowest BCUT2D eigenvalue weighted by molar-refractivity contribution is -0.137. The molecule has 1 atom stereocenters. The van der Waals surface area contributed by atoms with Crippen LogP contribution in [0.3, 0.4) is 0 Å². The summed E-state index contributed by atoms with van der Waals surface area (Å²) in [5.41, 5.74) is 4.18. The van der Waals surface area contributed by atoms with Crippen molar-refractivity contribution in [2.24, 2.45) is 5.92 Å². The number of hydrogen-bond donors (Lipinski definition) is 1. The Balaban J connectivity index is 1.37. The molecule has 3 heterocycles. The van der Waals surface area contributed by atoms with E-state index in [1.807, 2.05) is 17.9 Å². The minimum atomic E-state index is -0.829. The van der Waals surface area contributed by atoms with Crippen molar-refractivity contribution in [1.82, 2.24) is 24.8 Å². The molecule has 0 saturated carbocycles. The van der Waals surface area contributed by atoms with E-state index in [0.29, 0.717) is 74.2 Å². The van der Waals surface area contributed by atoms with Crippen molar-refractivity contribution in [3.63, 3.8) is 0 Å². The van der Waals surface area contributed by atoms with Gasteiger partial charge in [0.1, 0.15) is 11.6 Å². The predicted octanol–water partition coefficient (Wildman–Crippen LogP) is 4.46. The van der Waals surface area contributed by atoms with E-state index in [1.54, 1.807) is 36.8 Å². The number of anilines is 1. The number of halogens is 1. The summed E-state index contributed by atoms with van der Waals surface area (Å²) < 4.78 is 14.0. The van der Waals surface area contributed by atoms with E-state index in [4.69, 9.17) is 15.1 Å². The number of allylic oxidation sites excluding steroid dienone is 4. The molecule has 5 rings (SSSR count). The molecule has 1 amide bonds. The molecule has 0 radical (unpaired) electrons. The molecule has 39 heavy (non-hydrogen) atoms. The molecule has 0 bridgehead atoms. The van der Waals surface area contributed by atoms with Crippen LogP contribution in [0.15, 0.2) is 54.8 Å².